The lowest BCUT2D eigenvalue weighted by atomic mass is 10.1. The van der Waals surface area contributed by atoms with Gasteiger partial charge in [0.25, 0.3) is 0 Å². The van der Waals surface area contributed by atoms with Crippen LogP contribution in [0.5, 0.6) is 0 Å². The largest absolute Gasteiger partial charge is 0.322 e. The van der Waals surface area contributed by atoms with E-state index in [-0.39, 0.29) is 10.6 Å². The van der Waals surface area contributed by atoms with Crippen LogP contribution in [0.15, 0.2) is 12.1 Å². The van der Waals surface area contributed by atoms with Crippen LogP contribution >= 0.6 is 11.6 Å². The Balaban J connectivity index is 3.25. The Labute approximate surface area is 80.5 Å². The maximum Gasteiger partial charge on any atom is 0.129 e. The van der Waals surface area contributed by atoms with E-state index in [1.54, 1.807) is 6.92 Å². The van der Waals surface area contributed by atoms with E-state index < -0.39 is 18.5 Å². The van der Waals surface area contributed by atoms with Crippen LogP contribution in [0.4, 0.5) is 8.78 Å². The first kappa shape index (κ1) is 10.4. The molecule has 1 aromatic rings. The smallest absolute Gasteiger partial charge is 0.129 e. The Bertz CT molecular complexity index is 315. The summed E-state index contributed by atoms with van der Waals surface area (Å²) in [4.78, 5) is 0. The van der Waals surface area contributed by atoms with Gasteiger partial charge in [0, 0.05) is 5.56 Å². The average molecular weight is 206 g/mol. The summed E-state index contributed by atoms with van der Waals surface area (Å²) >= 11 is 5.79. The standard InChI is InChI=1S/C9H10ClF2N/c1-5-2-3-6(12)8(9(5)10)7(13)4-11/h2-3,7H,4,13H2,1H3/t7-/m1/s1. The van der Waals surface area contributed by atoms with Crippen LogP contribution in [0.25, 0.3) is 0 Å². The van der Waals surface area contributed by atoms with Crippen molar-refractivity contribution in [1.29, 1.82) is 0 Å². The molecule has 0 spiro atoms. The van der Waals surface area contributed by atoms with Crippen molar-refractivity contribution in [2.45, 2.75) is 13.0 Å². The molecular weight excluding hydrogens is 196 g/mol. The Morgan fingerprint density at radius 1 is 1.54 bits per heavy atom. The summed E-state index contributed by atoms with van der Waals surface area (Å²) in [5.41, 5.74) is 6.12. The second kappa shape index (κ2) is 4.03. The lowest BCUT2D eigenvalue weighted by Gasteiger charge is -2.12. The predicted octanol–water partition coefficient (Wildman–Crippen LogP) is 2.76. The van der Waals surface area contributed by atoms with Crippen molar-refractivity contribution >= 4 is 11.6 Å². The van der Waals surface area contributed by atoms with Crippen LogP contribution in [0.3, 0.4) is 0 Å². The van der Waals surface area contributed by atoms with Gasteiger partial charge < -0.3 is 5.73 Å². The van der Waals surface area contributed by atoms with Crippen molar-refractivity contribution < 1.29 is 8.78 Å². The highest BCUT2D eigenvalue weighted by Gasteiger charge is 2.16. The summed E-state index contributed by atoms with van der Waals surface area (Å²) in [5, 5.41) is 0.213. The average Bonchev–Trinajstić information content (AvgIpc) is 2.12. The zero-order valence-corrected chi connectivity index (χ0v) is 7.91. The van der Waals surface area contributed by atoms with E-state index in [4.69, 9.17) is 17.3 Å². The molecule has 1 atom stereocenters. The van der Waals surface area contributed by atoms with Gasteiger partial charge >= 0.3 is 0 Å². The molecule has 0 fully saturated rings. The summed E-state index contributed by atoms with van der Waals surface area (Å²) in [5.74, 6) is -0.555. The summed E-state index contributed by atoms with van der Waals surface area (Å²) in [6.07, 6.45) is 0. The maximum absolute atomic E-state index is 13.1. The minimum Gasteiger partial charge on any atom is -0.322 e. The number of nitrogens with two attached hydrogens (primary N) is 1. The fourth-order valence-corrected chi connectivity index (χ4v) is 1.39. The number of halogens is 3. The van der Waals surface area contributed by atoms with Gasteiger partial charge in [0.15, 0.2) is 0 Å². The quantitative estimate of drug-likeness (QED) is 0.790. The number of hydrogen-bond donors (Lipinski definition) is 1. The van der Waals surface area contributed by atoms with Crippen molar-refractivity contribution in [2.24, 2.45) is 5.73 Å². The molecule has 0 saturated carbocycles. The van der Waals surface area contributed by atoms with E-state index >= 15 is 0 Å². The van der Waals surface area contributed by atoms with E-state index in [2.05, 4.69) is 0 Å². The Kier molecular flexibility index (Phi) is 3.22. The van der Waals surface area contributed by atoms with Crippen LogP contribution in [0.1, 0.15) is 17.2 Å². The third kappa shape index (κ3) is 1.98. The van der Waals surface area contributed by atoms with Gasteiger partial charge in [-0.15, -0.1) is 0 Å². The first-order chi connectivity index (χ1) is 6.07. The van der Waals surface area contributed by atoms with E-state index in [0.29, 0.717) is 5.56 Å². The molecule has 0 aliphatic carbocycles. The van der Waals surface area contributed by atoms with E-state index in [0.717, 1.165) is 0 Å². The van der Waals surface area contributed by atoms with E-state index in [1.807, 2.05) is 0 Å². The molecule has 13 heavy (non-hydrogen) atoms. The van der Waals surface area contributed by atoms with Crippen LogP contribution in [-0.4, -0.2) is 6.67 Å². The second-order valence-electron chi connectivity index (χ2n) is 2.85. The van der Waals surface area contributed by atoms with E-state index in [1.165, 1.54) is 12.1 Å². The fourth-order valence-electron chi connectivity index (χ4n) is 1.10. The normalized spacial score (nSPS) is 13.0. The highest BCUT2D eigenvalue weighted by Crippen LogP contribution is 2.27. The SMILES string of the molecule is Cc1ccc(F)c([C@H](N)CF)c1Cl. The first-order valence-corrected chi connectivity index (χ1v) is 4.21. The zero-order valence-electron chi connectivity index (χ0n) is 7.15. The molecule has 2 N–H and O–H groups in total. The summed E-state index contributed by atoms with van der Waals surface area (Å²) in [6.45, 7) is 0.899. The Morgan fingerprint density at radius 2 is 2.15 bits per heavy atom. The second-order valence-corrected chi connectivity index (χ2v) is 3.23. The molecule has 72 valence electrons. The van der Waals surface area contributed by atoms with Crippen LogP contribution in [0.2, 0.25) is 5.02 Å². The van der Waals surface area contributed by atoms with Gasteiger partial charge in [0.05, 0.1) is 11.1 Å². The number of rotatable bonds is 2. The van der Waals surface area contributed by atoms with Gasteiger partial charge in [0.1, 0.15) is 12.5 Å². The highest BCUT2D eigenvalue weighted by atomic mass is 35.5. The van der Waals surface area contributed by atoms with Crippen molar-refractivity contribution in [1.82, 2.24) is 0 Å². The van der Waals surface area contributed by atoms with Crippen LogP contribution < -0.4 is 5.73 Å². The third-order valence-electron chi connectivity index (χ3n) is 1.86. The fraction of sp³-hybridized carbons (Fsp3) is 0.333. The summed E-state index contributed by atoms with van der Waals surface area (Å²) in [6, 6.07) is 1.80. The molecule has 0 amide bonds. The van der Waals surface area contributed by atoms with Gasteiger partial charge in [-0.25, -0.2) is 8.78 Å². The first-order valence-electron chi connectivity index (χ1n) is 3.84. The molecule has 0 heterocycles. The summed E-state index contributed by atoms with van der Waals surface area (Å²) < 4.78 is 25.4. The third-order valence-corrected chi connectivity index (χ3v) is 2.36. The molecular formula is C9H10ClF2N. The molecule has 1 nitrogen and oxygen atoms in total. The Hall–Kier alpha value is -0.670. The van der Waals surface area contributed by atoms with Crippen molar-refractivity contribution in [3.8, 4) is 0 Å². The number of benzene rings is 1. The van der Waals surface area contributed by atoms with Crippen LogP contribution in [-0.2, 0) is 0 Å². The monoisotopic (exact) mass is 205 g/mol. The molecule has 0 unspecified atom stereocenters. The van der Waals surface area contributed by atoms with Gasteiger partial charge in [-0.2, -0.15) is 0 Å². The zero-order chi connectivity index (χ0) is 10.0. The molecule has 0 aliphatic heterocycles. The predicted molar refractivity (Wildman–Crippen MR) is 49.1 cm³/mol. The van der Waals surface area contributed by atoms with Gasteiger partial charge in [-0.05, 0) is 18.6 Å². The minimum absolute atomic E-state index is 0.0594. The molecule has 0 radical (unpaired) electrons. The van der Waals surface area contributed by atoms with Gasteiger partial charge in [0.2, 0.25) is 0 Å². The highest BCUT2D eigenvalue weighted by molar-refractivity contribution is 6.32. The van der Waals surface area contributed by atoms with Crippen molar-refractivity contribution in [3.63, 3.8) is 0 Å². The molecule has 0 bridgehead atoms. The van der Waals surface area contributed by atoms with Gasteiger partial charge in [-0.1, -0.05) is 17.7 Å². The van der Waals surface area contributed by atoms with Crippen LogP contribution in [0, 0.1) is 12.7 Å². The van der Waals surface area contributed by atoms with Crippen molar-refractivity contribution in [3.05, 3.63) is 34.1 Å². The maximum atomic E-state index is 13.1. The Morgan fingerprint density at radius 3 is 2.69 bits per heavy atom. The molecule has 1 rings (SSSR count). The molecule has 0 aromatic heterocycles. The summed E-state index contributed by atoms with van der Waals surface area (Å²) in [7, 11) is 0. The molecule has 4 heteroatoms. The number of aryl methyl sites for hydroxylation is 1. The lowest BCUT2D eigenvalue weighted by molar-refractivity contribution is 0.427. The molecule has 0 aliphatic rings. The number of alkyl halides is 1. The molecule has 0 saturated heterocycles. The number of hydrogen-bond acceptors (Lipinski definition) is 1. The minimum atomic E-state index is -0.979. The topological polar surface area (TPSA) is 26.0 Å². The van der Waals surface area contributed by atoms with E-state index in [9.17, 15) is 8.78 Å². The molecule has 1 aromatic carbocycles. The lowest BCUT2D eigenvalue weighted by Crippen LogP contribution is -2.15. The van der Waals surface area contributed by atoms with Crippen molar-refractivity contribution in [2.75, 3.05) is 6.67 Å². The van der Waals surface area contributed by atoms with Gasteiger partial charge in [-0.3, -0.25) is 0 Å².